The Labute approximate surface area is 204 Å². The average Bonchev–Trinajstić information content (AvgIpc) is 3.14. The van der Waals surface area contributed by atoms with Gasteiger partial charge in [0.25, 0.3) is 0 Å². The minimum absolute atomic E-state index is 0.00149. The van der Waals surface area contributed by atoms with Crippen molar-refractivity contribution in [2.24, 2.45) is 5.92 Å². The van der Waals surface area contributed by atoms with Gasteiger partial charge in [0.1, 0.15) is 0 Å². The smallest absolute Gasteiger partial charge is 0.351 e. The van der Waals surface area contributed by atoms with Crippen LogP contribution in [0.5, 0.6) is 0 Å². The molecule has 0 atom stereocenters. The number of halogens is 1. The summed E-state index contributed by atoms with van der Waals surface area (Å²) in [7, 11) is 0. The zero-order chi connectivity index (χ0) is 24.1. The molecule has 0 saturated carbocycles. The summed E-state index contributed by atoms with van der Waals surface area (Å²) in [4.78, 5) is 28.3. The number of nitrogens with zero attached hydrogens (tertiary/aromatic N) is 4. The lowest BCUT2D eigenvalue weighted by Crippen LogP contribution is -2.37. The standard InChI is InChI=1S/C26H31ClN4O3/c1-19(2)16-24(32)18-30-25(21-4-3-5-22(27)17-21)28-31(26(30)33)23-8-6-20(7-9-23)10-11-29-12-14-34-15-13-29/h3-9,17,19H,10-16,18H2,1-2H3. The molecule has 0 bridgehead atoms. The molecule has 2 heterocycles. The van der Waals surface area contributed by atoms with Crippen LogP contribution in [0.25, 0.3) is 17.1 Å². The molecule has 1 aromatic heterocycles. The zero-order valence-electron chi connectivity index (χ0n) is 19.7. The van der Waals surface area contributed by atoms with Crippen LogP contribution >= 0.6 is 11.6 Å². The first-order valence-electron chi connectivity index (χ1n) is 11.8. The van der Waals surface area contributed by atoms with Crippen LogP contribution in [-0.2, 0) is 22.5 Å². The maximum Gasteiger partial charge on any atom is 0.351 e. The quantitative estimate of drug-likeness (QED) is 0.463. The molecule has 4 rings (SSSR count). The van der Waals surface area contributed by atoms with Crippen LogP contribution in [0.15, 0.2) is 53.3 Å². The van der Waals surface area contributed by atoms with Crippen molar-refractivity contribution >= 4 is 17.4 Å². The molecule has 0 aliphatic carbocycles. The predicted octanol–water partition coefficient (Wildman–Crippen LogP) is 3.84. The number of carbonyl (C=O) groups is 1. The molecule has 1 aliphatic heterocycles. The summed E-state index contributed by atoms with van der Waals surface area (Å²) in [6.07, 6.45) is 1.34. The van der Waals surface area contributed by atoms with Gasteiger partial charge in [-0.2, -0.15) is 4.68 Å². The third-order valence-electron chi connectivity index (χ3n) is 5.92. The maximum absolute atomic E-state index is 13.3. The summed E-state index contributed by atoms with van der Waals surface area (Å²) in [6.45, 7) is 8.45. The number of aromatic nitrogens is 3. The van der Waals surface area contributed by atoms with Crippen LogP contribution < -0.4 is 5.69 Å². The van der Waals surface area contributed by atoms with Crippen LogP contribution in [0.3, 0.4) is 0 Å². The number of hydrogen-bond acceptors (Lipinski definition) is 5. The molecule has 1 aliphatic rings. The number of ether oxygens (including phenoxy) is 1. The van der Waals surface area contributed by atoms with Gasteiger partial charge in [0, 0.05) is 36.6 Å². The molecule has 1 fully saturated rings. The topological polar surface area (TPSA) is 69.4 Å². The van der Waals surface area contributed by atoms with Gasteiger partial charge in [0.15, 0.2) is 11.6 Å². The number of hydrogen-bond donors (Lipinski definition) is 0. The monoisotopic (exact) mass is 482 g/mol. The van der Waals surface area contributed by atoms with Crippen LogP contribution in [0, 0.1) is 5.92 Å². The molecular weight excluding hydrogens is 452 g/mol. The van der Waals surface area contributed by atoms with E-state index in [1.165, 1.54) is 14.8 Å². The number of morpholine rings is 1. The molecule has 0 radical (unpaired) electrons. The minimum Gasteiger partial charge on any atom is -0.379 e. The molecule has 180 valence electrons. The fraction of sp³-hybridized carbons (Fsp3) is 0.423. The fourth-order valence-corrected chi connectivity index (χ4v) is 4.35. The van der Waals surface area contributed by atoms with Crippen molar-refractivity contribution in [2.45, 2.75) is 33.2 Å². The lowest BCUT2D eigenvalue weighted by atomic mass is 10.1. The SMILES string of the molecule is CC(C)CC(=O)Cn1c(-c2cccc(Cl)c2)nn(-c2ccc(CCN3CCOCC3)cc2)c1=O. The molecule has 8 heteroatoms. The second-order valence-electron chi connectivity index (χ2n) is 9.12. The first kappa shape index (κ1) is 24.4. The number of rotatable bonds is 9. The summed E-state index contributed by atoms with van der Waals surface area (Å²) < 4.78 is 8.22. The van der Waals surface area contributed by atoms with Gasteiger partial charge in [-0.1, -0.05) is 49.7 Å². The molecule has 2 aromatic carbocycles. The van der Waals surface area contributed by atoms with Gasteiger partial charge in [-0.15, -0.1) is 5.10 Å². The van der Waals surface area contributed by atoms with E-state index in [2.05, 4.69) is 10.00 Å². The Kier molecular flexibility index (Phi) is 7.98. The highest BCUT2D eigenvalue weighted by Crippen LogP contribution is 2.21. The number of benzene rings is 2. The van der Waals surface area contributed by atoms with Crippen molar-refractivity contribution in [1.82, 2.24) is 19.2 Å². The van der Waals surface area contributed by atoms with E-state index < -0.39 is 0 Å². The predicted molar refractivity (Wildman–Crippen MR) is 134 cm³/mol. The third-order valence-corrected chi connectivity index (χ3v) is 6.15. The van der Waals surface area contributed by atoms with Crippen molar-refractivity contribution in [3.63, 3.8) is 0 Å². The van der Waals surface area contributed by atoms with Crippen molar-refractivity contribution < 1.29 is 9.53 Å². The Bertz CT molecular complexity index is 1180. The molecule has 7 nitrogen and oxygen atoms in total. The number of Topliss-reactive ketones (excluding diaryl/α,β-unsaturated/α-hetero) is 1. The highest BCUT2D eigenvalue weighted by atomic mass is 35.5. The Balaban J connectivity index is 1.60. The van der Waals surface area contributed by atoms with E-state index in [1.54, 1.807) is 12.1 Å². The summed E-state index contributed by atoms with van der Waals surface area (Å²) in [5.74, 6) is 0.650. The third kappa shape index (κ3) is 6.03. The number of carbonyl (C=O) groups excluding carboxylic acids is 1. The second-order valence-corrected chi connectivity index (χ2v) is 9.56. The highest BCUT2D eigenvalue weighted by molar-refractivity contribution is 6.30. The maximum atomic E-state index is 13.3. The summed E-state index contributed by atoms with van der Waals surface area (Å²) >= 11 is 6.19. The lowest BCUT2D eigenvalue weighted by molar-refractivity contribution is -0.120. The number of ketones is 1. The Morgan fingerprint density at radius 3 is 2.53 bits per heavy atom. The zero-order valence-corrected chi connectivity index (χ0v) is 20.5. The molecule has 0 spiro atoms. The van der Waals surface area contributed by atoms with Crippen LogP contribution in [0.1, 0.15) is 25.8 Å². The van der Waals surface area contributed by atoms with Crippen molar-refractivity contribution in [2.75, 3.05) is 32.8 Å². The first-order chi connectivity index (χ1) is 16.4. The van der Waals surface area contributed by atoms with E-state index in [9.17, 15) is 9.59 Å². The van der Waals surface area contributed by atoms with Crippen LogP contribution in [-0.4, -0.2) is 57.9 Å². The van der Waals surface area contributed by atoms with Gasteiger partial charge >= 0.3 is 5.69 Å². The summed E-state index contributed by atoms with van der Waals surface area (Å²) in [6, 6.07) is 15.1. The first-order valence-corrected chi connectivity index (χ1v) is 12.2. The molecule has 0 amide bonds. The molecule has 1 saturated heterocycles. The van der Waals surface area contributed by atoms with E-state index in [-0.39, 0.29) is 23.9 Å². The van der Waals surface area contributed by atoms with Gasteiger partial charge in [-0.25, -0.2) is 4.79 Å². The Morgan fingerprint density at radius 1 is 1.12 bits per heavy atom. The normalized spacial score (nSPS) is 14.6. The van der Waals surface area contributed by atoms with Crippen molar-refractivity contribution in [1.29, 1.82) is 0 Å². The highest BCUT2D eigenvalue weighted by Gasteiger charge is 2.19. The van der Waals surface area contributed by atoms with Crippen molar-refractivity contribution in [3.8, 4) is 17.1 Å². The fourth-order valence-electron chi connectivity index (χ4n) is 4.16. The lowest BCUT2D eigenvalue weighted by Gasteiger charge is -2.26. The molecule has 3 aromatic rings. The molecule has 34 heavy (non-hydrogen) atoms. The van der Waals surface area contributed by atoms with Gasteiger partial charge in [-0.3, -0.25) is 14.3 Å². The van der Waals surface area contributed by atoms with E-state index in [0.717, 1.165) is 39.3 Å². The molecule has 0 unspecified atom stereocenters. The van der Waals surface area contributed by atoms with Crippen molar-refractivity contribution in [3.05, 3.63) is 69.6 Å². The van der Waals surface area contributed by atoms with Crippen LogP contribution in [0.2, 0.25) is 5.02 Å². The van der Waals surface area contributed by atoms with E-state index >= 15 is 0 Å². The van der Waals surface area contributed by atoms with E-state index in [0.29, 0.717) is 28.5 Å². The Hall–Kier alpha value is -2.74. The van der Waals surface area contributed by atoms with Crippen LogP contribution in [0.4, 0.5) is 0 Å². The second kappa shape index (κ2) is 11.1. The van der Waals surface area contributed by atoms with Gasteiger partial charge < -0.3 is 4.74 Å². The summed E-state index contributed by atoms with van der Waals surface area (Å²) in [5, 5.41) is 5.15. The van der Waals surface area contributed by atoms with Gasteiger partial charge in [0.2, 0.25) is 0 Å². The largest absolute Gasteiger partial charge is 0.379 e. The molecule has 0 N–H and O–H groups in total. The average molecular weight is 483 g/mol. The summed E-state index contributed by atoms with van der Waals surface area (Å²) in [5.41, 5.74) is 2.22. The van der Waals surface area contributed by atoms with E-state index in [4.69, 9.17) is 16.3 Å². The Morgan fingerprint density at radius 2 is 1.85 bits per heavy atom. The van der Waals surface area contributed by atoms with Gasteiger partial charge in [-0.05, 0) is 42.2 Å². The van der Waals surface area contributed by atoms with E-state index in [1.807, 2.05) is 50.2 Å². The molecular formula is C26H31ClN4O3. The minimum atomic E-state index is -0.340. The van der Waals surface area contributed by atoms with Gasteiger partial charge in [0.05, 0.1) is 25.4 Å².